The van der Waals surface area contributed by atoms with Gasteiger partial charge in [-0.15, -0.1) is 11.3 Å². The molecule has 2 heterocycles. The minimum absolute atomic E-state index is 0.0813. The van der Waals surface area contributed by atoms with Crippen LogP contribution in [-0.2, 0) is 4.79 Å². The lowest BCUT2D eigenvalue weighted by Crippen LogP contribution is -2.45. The van der Waals surface area contributed by atoms with Gasteiger partial charge in [-0.25, -0.2) is 0 Å². The van der Waals surface area contributed by atoms with Crippen molar-refractivity contribution in [3.05, 3.63) is 23.3 Å². The van der Waals surface area contributed by atoms with Crippen LogP contribution in [0.15, 0.2) is 18.5 Å². The molecular weight excluding hydrogens is 288 g/mol. The van der Waals surface area contributed by atoms with Crippen molar-refractivity contribution in [1.82, 2.24) is 15.6 Å². The lowest BCUT2D eigenvalue weighted by Gasteiger charge is -2.20. The summed E-state index contributed by atoms with van der Waals surface area (Å²) in [5, 5.41) is 6.16. The van der Waals surface area contributed by atoms with Crippen LogP contribution in [0.1, 0.15) is 30.4 Å². The number of pyridine rings is 1. The van der Waals surface area contributed by atoms with E-state index in [1.54, 1.807) is 18.5 Å². The molecule has 0 aliphatic carbocycles. The quantitative estimate of drug-likeness (QED) is 0.801. The average molecular weight is 306 g/mol. The second-order valence-corrected chi connectivity index (χ2v) is 6.75. The number of carbonyl (C=O) groups is 2. The molecule has 2 amide bonds. The maximum atomic E-state index is 12.1. The maximum Gasteiger partial charge on any atom is 0.263 e. The van der Waals surface area contributed by atoms with Crippen LogP contribution in [0, 0.1) is 0 Å². The summed E-state index contributed by atoms with van der Waals surface area (Å²) >= 11 is 1.27. The average Bonchev–Trinajstić information content (AvgIpc) is 2.72. The Bertz CT molecular complexity index is 688. The summed E-state index contributed by atoms with van der Waals surface area (Å²) in [4.78, 5) is 28.2. The van der Waals surface area contributed by atoms with E-state index in [1.165, 1.54) is 11.3 Å². The molecule has 0 saturated heterocycles. The van der Waals surface area contributed by atoms with Crippen molar-refractivity contribution in [2.45, 2.75) is 26.3 Å². The predicted molar refractivity (Wildman–Crippen MR) is 84.3 cm³/mol. The van der Waals surface area contributed by atoms with E-state index in [-0.39, 0.29) is 23.9 Å². The zero-order valence-corrected chi connectivity index (χ0v) is 13.0. The molecule has 0 fully saturated rings. The highest BCUT2D eigenvalue weighted by molar-refractivity contribution is 7.21. The highest BCUT2D eigenvalue weighted by Crippen LogP contribution is 2.32. The van der Waals surface area contributed by atoms with E-state index in [1.807, 2.05) is 20.8 Å². The number of rotatable bonds is 3. The first-order chi connectivity index (χ1) is 9.78. The first-order valence-corrected chi connectivity index (χ1v) is 7.31. The van der Waals surface area contributed by atoms with E-state index < -0.39 is 0 Å². The minimum Gasteiger partial charge on any atom is -0.397 e. The van der Waals surface area contributed by atoms with Crippen LogP contribution in [0.3, 0.4) is 0 Å². The number of hydrogen-bond acceptors (Lipinski definition) is 5. The molecule has 0 spiro atoms. The number of amides is 2. The number of nitrogens with one attached hydrogen (secondary N) is 2. The normalized spacial score (nSPS) is 11.4. The van der Waals surface area contributed by atoms with Crippen molar-refractivity contribution in [1.29, 1.82) is 0 Å². The van der Waals surface area contributed by atoms with E-state index in [2.05, 4.69) is 15.6 Å². The molecular formula is C14H18N4O2S. The summed E-state index contributed by atoms with van der Waals surface area (Å²) in [6.45, 7) is 5.55. The maximum absolute atomic E-state index is 12.1. The zero-order valence-electron chi connectivity index (χ0n) is 12.2. The number of nitrogens with two attached hydrogens (primary N) is 1. The predicted octanol–water partition coefficient (Wildman–Crippen LogP) is 1.52. The molecule has 0 aliphatic rings. The fourth-order valence-electron chi connectivity index (χ4n) is 1.84. The molecule has 4 N–H and O–H groups in total. The van der Waals surface area contributed by atoms with Crippen LogP contribution in [-0.4, -0.2) is 28.9 Å². The Labute approximate surface area is 126 Å². The lowest BCUT2D eigenvalue weighted by molar-refractivity contribution is -0.121. The van der Waals surface area contributed by atoms with Gasteiger partial charge in [0, 0.05) is 23.3 Å². The van der Waals surface area contributed by atoms with E-state index in [9.17, 15) is 9.59 Å². The molecule has 0 unspecified atom stereocenters. The Hall–Kier alpha value is -2.15. The molecule has 0 bridgehead atoms. The van der Waals surface area contributed by atoms with Crippen molar-refractivity contribution in [3.63, 3.8) is 0 Å². The second kappa shape index (κ2) is 5.69. The number of hydrogen-bond donors (Lipinski definition) is 3. The molecule has 6 nitrogen and oxygen atoms in total. The van der Waals surface area contributed by atoms with Gasteiger partial charge in [0.2, 0.25) is 5.91 Å². The summed E-state index contributed by atoms with van der Waals surface area (Å²) in [5.41, 5.74) is 6.06. The van der Waals surface area contributed by atoms with Crippen LogP contribution in [0.5, 0.6) is 0 Å². The van der Waals surface area contributed by atoms with Crippen molar-refractivity contribution in [2.24, 2.45) is 0 Å². The molecule has 0 atom stereocenters. The third kappa shape index (κ3) is 3.69. The Balaban J connectivity index is 2.06. The number of fused-ring (bicyclic) bond motifs is 1. The third-order valence-corrected chi connectivity index (χ3v) is 3.82. The van der Waals surface area contributed by atoms with Crippen LogP contribution >= 0.6 is 11.3 Å². The number of nitrogen functional groups attached to an aromatic ring is 1. The topological polar surface area (TPSA) is 97.1 Å². The number of aromatic nitrogens is 1. The molecule has 0 aliphatic heterocycles. The SMILES string of the molecule is CC(C)(C)NC(=O)CNC(=O)c1sc2cnccc2c1N. The van der Waals surface area contributed by atoms with Crippen molar-refractivity contribution >= 4 is 38.9 Å². The highest BCUT2D eigenvalue weighted by Gasteiger charge is 2.18. The molecule has 112 valence electrons. The molecule has 0 saturated carbocycles. The first-order valence-electron chi connectivity index (χ1n) is 6.49. The third-order valence-electron chi connectivity index (χ3n) is 2.66. The van der Waals surface area contributed by atoms with Crippen molar-refractivity contribution in [3.8, 4) is 0 Å². The van der Waals surface area contributed by atoms with E-state index in [0.717, 1.165) is 10.1 Å². The van der Waals surface area contributed by atoms with E-state index >= 15 is 0 Å². The molecule has 2 rings (SSSR count). The molecule has 21 heavy (non-hydrogen) atoms. The molecule has 0 radical (unpaired) electrons. The van der Waals surface area contributed by atoms with Gasteiger partial charge in [-0.3, -0.25) is 14.6 Å². The standard InChI is InChI=1S/C14H18N4O2S/c1-14(2,3)18-10(19)7-17-13(20)12-11(15)8-4-5-16-6-9(8)21-12/h4-6H,7,15H2,1-3H3,(H,17,20)(H,18,19). The molecule has 0 aromatic carbocycles. The molecule has 7 heteroatoms. The Kier molecular flexibility index (Phi) is 4.13. The Morgan fingerprint density at radius 1 is 1.38 bits per heavy atom. The highest BCUT2D eigenvalue weighted by atomic mass is 32.1. The zero-order chi connectivity index (χ0) is 15.6. The van der Waals surface area contributed by atoms with Gasteiger partial charge in [0.1, 0.15) is 4.88 Å². The van der Waals surface area contributed by atoms with Crippen LogP contribution in [0.25, 0.3) is 10.1 Å². The summed E-state index contributed by atoms with van der Waals surface area (Å²) in [6, 6.07) is 1.77. The van der Waals surface area contributed by atoms with Gasteiger partial charge in [0.15, 0.2) is 0 Å². The fourth-order valence-corrected chi connectivity index (χ4v) is 2.85. The van der Waals surface area contributed by atoms with Gasteiger partial charge >= 0.3 is 0 Å². The summed E-state index contributed by atoms with van der Waals surface area (Å²) in [7, 11) is 0. The lowest BCUT2D eigenvalue weighted by atomic mass is 10.1. The number of carbonyl (C=O) groups excluding carboxylic acids is 2. The smallest absolute Gasteiger partial charge is 0.263 e. The van der Waals surface area contributed by atoms with Gasteiger partial charge in [0.05, 0.1) is 16.9 Å². The summed E-state index contributed by atoms with van der Waals surface area (Å²) < 4.78 is 0.847. The van der Waals surface area contributed by atoms with Gasteiger partial charge in [-0.2, -0.15) is 0 Å². The largest absolute Gasteiger partial charge is 0.397 e. The summed E-state index contributed by atoms with van der Waals surface area (Å²) in [5.74, 6) is -0.588. The van der Waals surface area contributed by atoms with Crippen molar-refractivity contribution < 1.29 is 9.59 Å². The van der Waals surface area contributed by atoms with Gasteiger partial charge in [-0.1, -0.05) is 0 Å². The summed E-state index contributed by atoms with van der Waals surface area (Å²) in [6.07, 6.45) is 3.29. The first kappa shape index (κ1) is 15.2. The van der Waals surface area contributed by atoms with Crippen LogP contribution in [0.2, 0.25) is 0 Å². The van der Waals surface area contributed by atoms with Crippen LogP contribution < -0.4 is 16.4 Å². The van der Waals surface area contributed by atoms with E-state index in [0.29, 0.717) is 10.6 Å². The molecule has 2 aromatic rings. The number of thiophene rings is 1. The molecule has 2 aromatic heterocycles. The number of anilines is 1. The van der Waals surface area contributed by atoms with Gasteiger partial charge in [-0.05, 0) is 26.8 Å². The van der Waals surface area contributed by atoms with Crippen molar-refractivity contribution in [2.75, 3.05) is 12.3 Å². The van der Waals surface area contributed by atoms with E-state index in [4.69, 9.17) is 5.73 Å². The van der Waals surface area contributed by atoms with Crippen LogP contribution in [0.4, 0.5) is 5.69 Å². The monoisotopic (exact) mass is 306 g/mol. The minimum atomic E-state index is -0.349. The fraction of sp³-hybridized carbons (Fsp3) is 0.357. The Morgan fingerprint density at radius 3 is 2.71 bits per heavy atom. The van der Waals surface area contributed by atoms with Gasteiger partial charge < -0.3 is 16.4 Å². The van der Waals surface area contributed by atoms with Gasteiger partial charge in [0.25, 0.3) is 5.91 Å². The number of nitrogens with zero attached hydrogens (tertiary/aromatic N) is 1. The Morgan fingerprint density at radius 2 is 2.10 bits per heavy atom. The second-order valence-electron chi connectivity index (χ2n) is 5.70.